The molecule has 0 atom stereocenters. The van der Waals surface area contributed by atoms with Gasteiger partial charge in [0.25, 0.3) is 5.56 Å². The van der Waals surface area contributed by atoms with E-state index < -0.39 is 0 Å². The molecule has 0 radical (unpaired) electrons. The van der Waals surface area contributed by atoms with Crippen LogP contribution >= 0.6 is 0 Å². The Hall–Kier alpha value is -2.96. The highest BCUT2D eigenvalue weighted by Crippen LogP contribution is 2.34. The third kappa shape index (κ3) is 2.29. The van der Waals surface area contributed by atoms with E-state index in [9.17, 15) is 9.18 Å². The second-order valence-electron chi connectivity index (χ2n) is 4.55. The fourth-order valence-electron chi connectivity index (χ4n) is 2.12. The molecule has 0 amide bonds. The lowest BCUT2D eigenvalue weighted by molar-refractivity contribution is 0.628. The quantitative estimate of drug-likeness (QED) is 0.747. The molecule has 0 aliphatic heterocycles. The summed E-state index contributed by atoms with van der Waals surface area (Å²) in [4.78, 5) is 11.1. The highest BCUT2D eigenvalue weighted by Gasteiger charge is 2.18. The van der Waals surface area contributed by atoms with Crippen LogP contribution in [-0.4, -0.2) is 20.0 Å². The first-order chi connectivity index (χ1) is 10.1. The molecule has 7 heteroatoms. The Bertz CT molecular complexity index is 848. The lowest BCUT2D eigenvalue weighted by atomic mass is 10.0. The van der Waals surface area contributed by atoms with Crippen molar-refractivity contribution in [2.24, 2.45) is 7.05 Å². The Morgan fingerprint density at radius 1 is 1.29 bits per heavy atom. The summed E-state index contributed by atoms with van der Waals surface area (Å²) < 4.78 is 14.9. The van der Waals surface area contributed by atoms with Crippen molar-refractivity contribution in [3.63, 3.8) is 0 Å². The van der Waals surface area contributed by atoms with Gasteiger partial charge in [0, 0.05) is 13.1 Å². The summed E-state index contributed by atoms with van der Waals surface area (Å²) in [7, 11) is 1.69. The number of rotatable bonds is 2. The Morgan fingerprint density at radius 2 is 2.10 bits per heavy atom. The highest BCUT2D eigenvalue weighted by molar-refractivity contribution is 5.86. The van der Waals surface area contributed by atoms with Crippen molar-refractivity contribution >= 4 is 5.82 Å². The molecule has 106 valence electrons. The van der Waals surface area contributed by atoms with Crippen LogP contribution < -0.4 is 11.3 Å². The van der Waals surface area contributed by atoms with E-state index in [1.54, 1.807) is 25.2 Å². The molecule has 0 aliphatic carbocycles. The summed E-state index contributed by atoms with van der Waals surface area (Å²) in [6.07, 6.45) is 0. The molecule has 0 saturated heterocycles. The molecule has 0 unspecified atom stereocenters. The Labute approximate surface area is 119 Å². The number of anilines is 1. The Balaban J connectivity index is 2.25. The van der Waals surface area contributed by atoms with Gasteiger partial charge < -0.3 is 5.73 Å². The number of nitrogens with two attached hydrogens (primary N) is 1. The van der Waals surface area contributed by atoms with Gasteiger partial charge in [0.2, 0.25) is 0 Å². The van der Waals surface area contributed by atoms with E-state index in [0.717, 1.165) is 0 Å². The molecule has 0 aliphatic rings. The molecule has 3 N–H and O–H groups in total. The van der Waals surface area contributed by atoms with Crippen LogP contribution in [0.3, 0.4) is 0 Å². The molecule has 21 heavy (non-hydrogen) atoms. The van der Waals surface area contributed by atoms with Crippen molar-refractivity contribution in [1.29, 1.82) is 0 Å². The average molecular weight is 285 g/mol. The Kier molecular flexibility index (Phi) is 3.02. The number of halogens is 1. The second kappa shape index (κ2) is 4.86. The van der Waals surface area contributed by atoms with Crippen LogP contribution in [0.25, 0.3) is 22.5 Å². The van der Waals surface area contributed by atoms with Gasteiger partial charge in [-0.2, -0.15) is 10.2 Å². The number of benzene rings is 1. The number of nitrogens with one attached hydrogen (secondary N) is 1. The molecule has 6 nitrogen and oxygen atoms in total. The number of aryl methyl sites for hydroxylation is 1. The van der Waals surface area contributed by atoms with Crippen LogP contribution in [0.1, 0.15) is 0 Å². The van der Waals surface area contributed by atoms with Crippen molar-refractivity contribution in [3.05, 3.63) is 52.6 Å². The van der Waals surface area contributed by atoms with Crippen molar-refractivity contribution in [2.75, 3.05) is 5.73 Å². The van der Waals surface area contributed by atoms with Gasteiger partial charge in [0.15, 0.2) is 0 Å². The van der Waals surface area contributed by atoms with Gasteiger partial charge >= 0.3 is 0 Å². The maximum atomic E-state index is 13.4. The number of nitrogen functional groups attached to an aromatic ring is 1. The molecular weight excluding hydrogens is 273 g/mol. The molecule has 0 spiro atoms. The van der Waals surface area contributed by atoms with E-state index in [-0.39, 0.29) is 11.4 Å². The zero-order chi connectivity index (χ0) is 15.0. The molecule has 0 fully saturated rings. The number of aromatic nitrogens is 4. The standard InChI is InChI=1S/C14H12FN5O/c1-20-14(16)12(8-3-2-4-9(15)7-8)13(19-20)10-5-6-11(21)18-17-10/h2-7H,16H2,1H3,(H,18,21). The summed E-state index contributed by atoms with van der Waals surface area (Å²) >= 11 is 0. The highest BCUT2D eigenvalue weighted by atomic mass is 19.1. The van der Waals surface area contributed by atoms with Crippen LogP contribution in [0.15, 0.2) is 41.2 Å². The fraction of sp³-hybridized carbons (Fsp3) is 0.0714. The van der Waals surface area contributed by atoms with Crippen LogP contribution in [0, 0.1) is 5.82 Å². The minimum atomic E-state index is -0.365. The maximum absolute atomic E-state index is 13.4. The molecule has 3 aromatic rings. The van der Waals surface area contributed by atoms with Crippen molar-refractivity contribution in [1.82, 2.24) is 20.0 Å². The van der Waals surface area contributed by atoms with E-state index in [1.807, 2.05) is 0 Å². The molecule has 2 aromatic heterocycles. The number of H-pyrrole nitrogens is 1. The fourth-order valence-corrected chi connectivity index (χ4v) is 2.12. The average Bonchev–Trinajstić information content (AvgIpc) is 2.76. The second-order valence-corrected chi connectivity index (χ2v) is 4.55. The largest absolute Gasteiger partial charge is 0.383 e. The minimum absolute atomic E-state index is 0.310. The van der Waals surface area contributed by atoms with Crippen molar-refractivity contribution in [3.8, 4) is 22.5 Å². The van der Waals surface area contributed by atoms with Gasteiger partial charge in [-0.05, 0) is 23.8 Å². The molecular formula is C14H12FN5O. The van der Waals surface area contributed by atoms with Crippen molar-refractivity contribution < 1.29 is 4.39 Å². The zero-order valence-electron chi connectivity index (χ0n) is 11.2. The van der Waals surface area contributed by atoms with E-state index in [4.69, 9.17) is 5.73 Å². The van der Waals surface area contributed by atoms with Crippen LogP contribution in [0.5, 0.6) is 0 Å². The zero-order valence-corrected chi connectivity index (χ0v) is 11.2. The first kappa shape index (κ1) is 13.0. The molecule has 0 saturated carbocycles. The van der Waals surface area contributed by atoms with Gasteiger partial charge in [-0.3, -0.25) is 9.48 Å². The van der Waals surface area contributed by atoms with Crippen LogP contribution in [0.4, 0.5) is 10.2 Å². The van der Waals surface area contributed by atoms with Gasteiger partial charge in [-0.15, -0.1) is 0 Å². The first-order valence-electron chi connectivity index (χ1n) is 6.21. The third-order valence-corrected chi connectivity index (χ3v) is 3.13. The number of aromatic amines is 1. The van der Waals surface area contributed by atoms with Gasteiger partial charge in [-0.1, -0.05) is 12.1 Å². The predicted octanol–water partition coefficient (Wildman–Crippen LogP) is 1.56. The summed E-state index contributed by atoms with van der Waals surface area (Å²) in [6, 6.07) is 8.97. The lowest BCUT2D eigenvalue weighted by Gasteiger charge is -2.03. The topological polar surface area (TPSA) is 89.6 Å². The Morgan fingerprint density at radius 3 is 2.76 bits per heavy atom. The minimum Gasteiger partial charge on any atom is -0.383 e. The van der Waals surface area contributed by atoms with Gasteiger partial charge in [0.1, 0.15) is 23.0 Å². The SMILES string of the molecule is Cn1nc(-c2ccc(=O)[nH]n2)c(-c2cccc(F)c2)c1N. The van der Waals surface area contributed by atoms with Gasteiger partial charge in [0.05, 0.1) is 5.56 Å². The lowest BCUT2D eigenvalue weighted by Crippen LogP contribution is -2.06. The molecule has 3 rings (SSSR count). The van der Waals surface area contributed by atoms with E-state index >= 15 is 0 Å². The smallest absolute Gasteiger partial charge is 0.264 e. The summed E-state index contributed by atoms with van der Waals surface area (Å²) in [5, 5.41) is 10.6. The van der Waals surface area contributed by atoms with Gasteiger partial charge in [-0.25, -0.2) is 9.49 Å². The summed E-state index contributed by atoms with van der Waals surface area (Å²) in [6.45, 7) is 0. The van der Waals surface area contributed by atoms with Crippen molar-refractivity contribution in [2.45, 2.75) is 0 Å². The van der Waals surface area contributed by atoms with E-state index in [0.29, 0.717) is 28.3 Å². The predicted molar refractivity (Wildman–Crippen MR) is 76.9 cm³/mol. The molecule has 0 bridgehead atoms. The monoisotopic (exact) mass is 285 g/mol. The molecule has 2 heterocycles. The summed E-state index contributed by atoms with van der Waals surface area (Å²) in [5.41, 5.74) is 7.84. The normalized spacial score (nSPS) is 10.8. The van der Waals surface area contributed by atoms with Crippen LogP contribution in [-0.2, 0) is 7.05 Å². The third-order valence-electron chi connectivity index (χ3n) is 3.13. The number of nitrogens with zero attached hydrogens (tertiary/aromatic N) is 3. The first-order valence-corrected chi connectivity index (χ1v) is 6.21. The number of hydrogen-bond acceptors (Lipinski definition) is 4. The van der Waals surface area contributed by atoms with E-state index in [1.165, 1.54) is 22.9 Å². The van der Waals surface area contributed by atoms with E-state index in [2.05, 4.69) is 15.3 Å². The molecule has 1 aromatic carbocycles. The summed E-state index contributed by atoms with van der Waals surface area (Å²) in [5.74, 6) is 0.0275. The van der Waals surface area contributed by atoms with Crippen LogP contribution in [0.2, 0.25) is 0 Å². The number of hydrogen-bond donors (Lipinski definition) is 2. The maximum Gasteiger partial charge on any atom is 0.264 e.